The molecule has 0 fully saturated rings. The Morgan fingerprint density at radius 3 is 2.78 bits per heavy atom. The van der Waals surface area contributed by atoms with Crippen LogP contribution in [0.2, 0.25) is 0 Å². The predicted molar refractivity (Wildman–Crippen MR) is 69.4 cm³/mol. The summed E-state index contributed by atoms with van der Waals surface area (Å²) in [5, 5.41) is 0. The minimum absolute atomic E-state index is 0.224. The number of H-pyrrole nitrogens is 1. The van der Waals surface area contributed by atoms with Gasteiger partial charge >= 0.3 is 0 Å². The highest BCUT2D eigenvalue weighted by Gasteiger charge is 2.10. The Hall–Kier alpha value is -2.14. The van der Waals surface area contributed by atoms with Crippen LogP contribution in [-0.2, 0) is 0 Å². The number of nitrogens with zero attached hydrogens (tertiary/aromatic N) is 1. The second-order valence-electron chi connectivity index (χ2n) is 4.01. The molecule has 0 spiro atoms. The van der Waals surface area contributed by atoms with Gasteiger partial charge in [0.05, 0.1) is 18.4 Å². The third-order valence-electron chi connectivity index (χ3n) is 2.59. The minimum atomic E-state index is -0.291. The SMILES string of the molecule is COc1ccccc1-c1nc(C(C)N)cc(=O)[nH]1. The molecule has 0 radical (unpaired) electrons. The van der Waals surface area contributed by atoms with Gasteiger partial charge in [-0.05, 0) is 19.1 Å². The zero-order valence-corrected chi connectivity index (χ0v) is 10.3. The quantitative estimate of drug-likeness (QED) is 0.857. The van der Waals surface area contributed by atoms with Crippen molar-refractivity contribution >= 4 is 0 Å². The molecule has 18 heavy (non-hydrogen) atoms. The lowest BCUT2D eigenvalue weighted by Crippen LogP contribution is -2.16. The number of rotatable bonds is 3. The first-order valence-corrected chi connectivity index (χ1v) is 5.62. The Morgan fingerprint density at radius 2 is 2.11 bits per heavy atom. The fraction of sp³-hybridized carbons (Fsp3) is 0.231. The molecule has 2 aromatic rings. The monoisotopic (exact) mass is 245 g/mol. The maximum atomic E-state index is 11.6. The highest BCUT2D eigenvalue weighted by Crippen LogP contribution is 2.26. The number of methoxy groups -OCH3 is 1. The number of ether oxygens (including phenoxy) is 1. The summed E-state index contributed by atoms with van der Waals surface area (Å²) in [5.41, 5.74) is 6.82. The van der Waals surface area contributed by atoms with E-state index in [-0.39, 0.29) is 11.6 Å². The zero-order valence-electron chi connectivity index (χ0n) is 10.3. The van der Waals surface area contributed by atoms with Crippen molar-refractivity contribution in [3.8, 4) is 17.1 Å². The molecule has 2 rings (SSSR count). The lowest BCUT2D eigenvalue weighted by atomic mass is 10.1. The summed E-state index contributed by atoms with van der Waals surface area (Å²) in [6, 6.07) is 8.48. The van der Waals surface area contributed by atoms with Crippen LogP contribution in [0.25, 0.3) is 11.4 Å². The molecule has 1 atom stereocenters. The van der Waals surface area contributed by atoms with E-state index in [0.29, 0.717) is 17.3 Å². The molecule has 0 amide bonds. The number of nitrogens with two attached hydrogens (primary N) is 1. The molecule has 0 aliphatic heterocycles. The van der Waals surface area contributed by atoms with Crippen molar-refractivity contribution in [2.24, 2.45) is 5.73 Å². The molecular formula is C13H15N3O2. The minimum Gasteiger partial charge on any atom is -0.496 e. The van der Waals surface area contributed by atoms with Crippen molar-refractivity contribution in [1.82, 2.24) is 9.97 Å². The van der Waals surface area contributed by atoms with E-state index in [4.69, 9.17) is 10.5 Å². The number of para-hydroxylation sites is 1. The standard InChI is InChI=1S/C13H15N3O2/c1-8(14)10-7-12(17)16-13(15-10)9-5-3-4-6-11(9)18-2/h3-8H,14H2,1-2H3,(H,15,16,17). The van der Waals surface area contributed by atoms with Crippen molar-refractivity contribution in [2.45, 2.75) is 13.0 Å². The van der Waals surface area contributed by atoms with E-state index in [1.54, 1.807) is 14.0 Å². The van der Waals surface area contributed by atoms with Crippen LogP contribution in [0.4, 0.5) is 0 Å². The van der Waals surface area contributed by atoms with Gasteiger partial charge in [0, 0.05) is 12.1 Å². The summed E-state index contributed by atoms with van der Waals surface area (Å²) in [5.74, 6) is 1.12. The van der Waals surface area contributed by atoms with Gasteiger partial charge in [-0.1, -0.05) is 12.1 Å². The van der Waals surface area contributed by atoms with Gasteiger partial charge in [0.15, 0.2) is 0 Å². The fourth-order valence-corrected chi connectivity index (χ4v) is 1.68. The van der Waals surface area contributed by atoms with Crippen molar-refractivity contribution in [3.05, 3.63) is 46.4 Å². The molecular weight excluding hydrogens is 230 g/mol. The summed E-state index contributed by atoms with van der Waals surface area (Å²) in [4.78, 5) is 18.6. The first-order chi connectivity index (χ1) is 8.61. The molecule has 5 nitrogen and oxygen atoms in total. The van der Waals surface area contributed by atoms with E-state index in [2.05, 4.69) is 9.97 Å². The molecule has 94 valence electrons. The molecule has 0 aliphatic rings. The number of nitrogens with one attached hydrogen (secondary N) is 1. The second kappa shape index (κ2) is 5.01. The zero-order chi connectivity index (χ0) is 13.1. The van der Waals surface area contributed by atoms with Crippen LogP contribution in [0.1, 0.15) is 18.7 Å². The van der Waals surface area contributed by atoms with Crippen molar-refractivity contribution in [3.63, 3.8) is 0 Å². The van der Waals surface area contributed by atoms with E-state index in [0.717, 1.165) is 5.56 Å². The van der Waals surface area contributed by atoms with Crippen LogP contribution < -0.4 is 16.0 Å². The molecule has 1 aromatic heterocycles. The van der Waals surface area contributed by atoms with E-state index in [9.17, 15) is 4.79 Å². The fourth-order valence-electron chi connectivity index (χ4n) is 1.68. The van der Waals surface area contributed by atoms with Gasteiger partial charge in [-0.3, -0.25) is 4.79 Å². The van der Waals surface area contributed by atoms with Gasteiger partial charge in [-0.2, -0.15) is 0 Å². The highest BCUT2D eigenvalue weighted by atomic mass is 16.5. The summed E-state index contributed by atoms with van der Waals surface area (Å²) in [6.07, 6.45) is 0. The third-order valence-corrected chi connectivity index (χ3v) is 2.59. The molecule has 1 heterocycles. The first kappa shape index (κ1) is 12.3. The Bertz CT molecular complexity index is 605. The Kier molecular flexibility index (Phi) is 3.43. The summed E-state index contributed by atoms with van der Waals surface area (Å²) in [6.45, 7) is 1.79. The van der Waals surface area contributed by atoms with E-state index in [1.165, 1.54) is 6.07 Å². The van der Waals surface area contributed by atoms with E-state index < -0.39 is 0 Å². The Labute approximate surface area is 105 Å². The van der Waals surface area contributed by atoms with Crippen molar-refractivity contribution in [1.29, 1.82) is 0 Å². The predicted octanol–water partition coefficient (Wildman–Crippen LogP) is 1.47. The van der Waals surface area contributed by atoms with Crippen LogP contribution in [0.3, 0.4) is 0 Å². The average Bonchev–Trinajstić information content (AvgIpc) is 2.38. The molecule has 0 bridgehead atoms. The largest absolute Gasteiger partial charge is 0.496 e. The normalized spacial score (nSPS) is 12.2. The van der Waals surface area contributed by atoms with Gasteiger partial charge in [0.25, 0.3) is 5.56 Å². The van der Waals surface area contributed by atoms with Gasteiger partial charge in [0.2, 0.25) is 0 Å². The molecule has 5 heteroatoms. The number of hydrogen-bond donors (Lipinski definition) is 2. The van der Waals surface area contributed by atoms with Gasteiger partial charge in [-0.25, -0.2) is 4.98 Å². The Morgan fingerprint density at radius 1 is 1.39 bits per heavy atom. The van der Waals surface area contributed by atoms with E-state index in [1.807, 2.05) is 24.3 Å². The average molecular weight is 245 g/mol. The maximum Gasteiger partial charge on any atom is 0.251 e. The van der Waals surface area contributed by atoms with Crippen LogP contribution in [0.5, 0.6) is 5.75 Å². The first-order valence-electron chi connectivity index (χ1n) is 5.62. The summed E-state index contributed by atoms with van der Waals surface area (Å²) < 4.78 is 5.25. The molecule has 1 unspecified atom stereocenters. The number of aromatic amines is 1. The third kappa shape index (κ3) is 2.41. The molecule has 1 aromatic carbocycles. The van der Waals surface area contributed by atoms with Crippen LogP contribution >= 0.6 is 0 Å². The van der Waals surface area contributed by atoms with Gasteiger partial charge in [-0.15, -0.1) is 0 Å². The molecule has 0 saturated carbocycles. The highest BCUT2D eigenvalue weighted by molar-refractivity contribution is 5.63. The van der Waals surface area contributed by atoms with E-state index >= 15 is 0 Å². The Balaban J connectivity index is 2.60. The second-order valence-corrected chi connectivity index (χ2v) is 4.01. The topological polar surface area (TPSA) is 81.0 Å². The van der Waals surface area contributed by atoms with Gasteiger partial charge < -0.3 is 15.5 Å². The van der Waals surface area contributed by atoms with Crippen molar-refractivity contribution < 1.29 is 4.74 Å². The lowest BCUT2D eigenvalue weighted by Gasteiger charge is -2.09. The van der Waals surface area contributed by atoms with Gasteiger partial charge in [0.1, 0.15) is 11.6 Å². The molecule has 0 aliphatic carbocycles. The summed E-state index contributed by atoms with van der Waals surface area (Å²) in [7, 11) is 1.58. The van der Waals surface area contributed by atoms with Crippen molar-refractivity contribution in [2.75, 3.05) is 7.11 Å². The smallest absolute Gasteiger partial charge is 0.251 e. The van der Waals surface area contributed by atoms with Crippen LogP contribution in [-0.4, -0.2) is 17.1 Å². The number of benzene rings is 1. The molecule has 3 N–H and O–H groups in total. The molecule has 0 saturated heterocycles. The van der Waals surface area contributed by atoms with Crippen LogP contribution in [0, 0.1) is 0 Å². The number of aromatic nitrogens is 2. The maximum absolute atomic E-state index is 11.6. The number of hydrogen-bond acceptors (Lipinski definition) is 4. The van der Waals surface area contributed by atoms with Crippen LogP contribution in [0.15, 0.2) is 35.1 Å². The lowest BCUT2D eigenvalue weighted by molar-refractivity contribution is 0.416. The summed E-state index contributed by atoms with van der Waals surface area (Å²) >= 11 is 0.